The standard InChI is InChI=1S/C23H28ClN3OS.ClH/c1-14-11-15(2)18(16(3)12-14)13-21(28)27(10-9-26(5)6)23-25-22-17(4)19(24)7-8-20(22)29-23;/h7-8,11-12H,9-10,13H2,1-6H3;1H. The molecule has 0 saturated heterocycles. The van der Waals surface area contributed by atoms with E-state index in [0.717, 1.165) is 44.1 Å². The zero-order chi connectivity index (χ0) is 21.3. The summed E-state index contributed by atoms with van der Waals surface area (Å²) in [5.74, 6) is 0.0738. The van der Waals surface area contributed by atoms with E-state index < -0.39 is 0 Å². The normalized spacial score (nSPS) is 11.1. The molecule has 4 nitrogen and oxygen atoms in total. The molecule has 162 valence electrons. The van der Waals surface area contributed by atoms with E-state index in [1.165, 1.54) is 5.56 Å². The van der Waals surface area contributed by atoms with E-state index in [4.69, 9.17) is 16.6 Å². The molecule has 0 unspecified atom stereocenters. The topological polar surface area (TPSA) is 36.4 Å². The number of anilines is 1. The lowest BCUT2D eigenvalue weighted by Gasteiger charge is -2.23. The first-order valence-corrected chi connectivity index (χ1v) is 10.9. The minimum Gasteiger partial charge on any atom is -0.308 e. The molecule has 0 aliphatic rings. The molecule has 0 atom stereocenters. The van der Waals surface area contributed by atoms with Gasteiger partial charge in [0.1, 0.15) is 0 Å². The van der Waals surface area contributed by atoms with Crippen LogP contribution in [0.3, 0.4) is 0 Å². The number of hydrogen-bond acceptors (Lipinski definition) is 4. The highest BCUT2D eigenvalue weighted by molar-refractivity contribution is 7.22. The maximum absolute atomic E-state index is 13.4. The van der Waals surface area contributed by atoms with Gasteiger partial charge in [-0.2, -0.15) is 0 Å². The van der Waals surface area contributed by atoms with Crippen LogP contribution in [0, 0.1) is 27.7 Å². The van der Waals surface area contributed by atoms with Crippen LogP contribution in [0.5, 0.6) is 0 Å². The van der Waals surface area contributed by atoms with Gasteiger partial charge in [0.2, 0.25) is 5.91 Å². The van der Waals surface area contributed by atoms with E-state index in [2.05, 4.69) is 37.8 Å². The van der Waals surface area contributed by atoms with Crippen molar-refractivity contribution < 1.29 is 4.79 Å². The summed E-state index contributed by atoms with van der Waals surface area (Å²) in [5, 5.41) is 1.44. The quantitative estimate of drug-likeness (QED) is 0.465. The summed E-state index contributed by atoms with van der Waals surface area (Å²) in [6.45, 7) is 9.59. The third kappa shape index (κ3) is 5.33. The van der Waals surface area contributed by atoms with Crippen molar-refractivity contribution in [1.82, 2.24) is 9.88 Å². The van der Waals surface area contributed by atoms with E-state index in [1.807, 2.05) is 38.1 Å². The smallest absolute Gasteiger partial charge is 0.233 e. The Hall–Kier alpha value is -1.66. The molecule has 1 aromatic heterocycles. The molecule has 0 bridgehead atoms. The summed E-state index contributed by atoms with van der Waals surface area (Å²) >= 11 is 7.82. The average molecular weight is 466 g/mol. The third-order valence-corrected chi connectivity index (χ3v) is 6.66. The molecule has 0 aliphatic heterocycles. The van der Waals surface area contributed by atoms with Gasteiger partial charge in [-0.05, 0) is 76.2 Å². The van der Waals surface area contributed by atoms with Crippen molar-refractivity contribution in [1.29, 1.82) is 0 Å². The second-order valence-electron chi connectivity index (χ2n) is 7.92. The number of carbonyl (C=O) groups is 1. The van der Waals surface area contributed by atoms with E-state index in [1.54, 1.807) is 11.3 Å². The number of aryl methyl sites for hydroxylation is 4. The van der Waals surface area contributed by atoms with Crippen molar-refractivity contribution in [3.8, 4) is 0 Å². The van der Waals surface area contributed by atoms with Crippen molar-refractivity contribution in [2.45, 2.75) is 34.1 Å². The molecule has 1 heterocycles. The number of aromatic nitrogens is 1. The van der Waals surface area contributed by atoms with Crippen molar-refractivity contribution in [2.24, 2.45) is 0 Å². The maximum atomic E-state index is 13.4. The summed E-state index contributed by atoms with van der Waals surface area (Å²) in [7, 11) is 4.03. The summed E-state index contributed by atoms with van der Waals surface area (Å²) in [5.41, 5.74) is 6.49. The minimum absolute atomic E-state index is 0. The molecule has 0 spiro atoms. The monoisotopic (exact) mass is 465 g/mol. The Balaban J connectivity index is 0.00000320. The van der Waals surface area contributed by atoms with Gasteiger partial charge in [0, 0.05) is 18.1 Å². The fourth-order valence-electron chi connectivity index (χ4n) is 3.57. The first-order chi connectivity index (χ1) is 13.7. The number of likely N-dealkylation sites (N-methyl/N-ethyl adjacent to an activating group) is 1. The summed E-state index contributed by atoms with van der Waals surface area (Å²) in [6.07, 6.45) is 0.376. The summed E-state index contributed by atoms with van der Waals surface area (Å²) < 4.78 is 1.05. The Kier molecular flexibility index (Phi) is 8.28. The molecular weight excluding hydrogens is 437 g/mol. The molecule has 3 rings (SSSR count). The van der Waals surface area contributed by atoms with E-state index in [9.17, 15) is 4.79 Å². The van der Waals surface area contributed by atoms with Gasteiger partial charge in [-0.1, -0.05) is 40.6 Å². The van der Waals surface area contributed by atoms with Gasteiger partial charge in [0.25, 0.3) is 0 Å². The molecule has 7 heteroatoms. The van der Waals surface area contributed by atoms with Crippen LogP contribution in [-0.4, -0.2) is 43.0 Å². The predicted molar refractivity (Wildman–Crippen MR) is 132 cm³/mol. The van der Waals surface area contributed by atoms with E-state index in [0.29, 0.717) is 18.0 Å². The van der Waals surface area contributed by atoms with Crippen molar-refractivity contribution in [3.63, 3.8) is 0 Å². The molecule has 0 saturated carbocycles. The Labute approximate surface area is 194 Å². The third-order valence-electron chi connectivity index (χ3n) is 5.21. The second kappa shape index (κ2) is 10.1. The highest BCUT2D eigenvalue weighted by Crippen LogP contribution is 2.34. The number of rotatable bonds is 6. The number of fused-ring (bicyclic) bond motifs is 1. The second-order valence-corrected chi connectivity index (χ2v) is 9.33. The van der Waals surface area contributed by atoms with Crippen LogP contribution in [-0.2, 0) is 11.2 Å². The lowest BCUT2D eigenvalue weighted by atomic mass is 9.97. The zero-order valence-electron chi connectivity index (χ0n) is 18.4. The van der Waals surface area contributed by atoms with Crippen LogP contribution >= 0.6 is 35.3 Å². The summed E-state index contributed by atoms with van der Waals surface area (Å²) in [6, 6.07) is 8.16. The van der Waals surface area contributed by atoms with Gasteiger partial charge in [0.05, 0.1) is 16.6 Å². The molecule has 0 aliphatic carbocycles. The van der Waals surface area contributed by atoms with Gasteiger partial charge < -0.3 is 4.90 Å². The Bertz CT molecular complexity index is 1040. The number of carbonyl (C=O) groups excluding carboxylic acids is 1. The molecule has 0 N–H and O–H groups in total. The number of thiazole rings is 1. The SMILES string of the molecule is Cc1cc(C)c(CC(=O)N(CCN(C)C)c2nc3c(C)c(Cl)ccc3s2)c(C)c1.Cl. The number of hydrogen-bond donors (Lipinski definition) is 0. The molecule has 0 radical (unpaired) electrons. The zero-order valence-corrected chi connectivity index (χ0v) is 20.8. The van der Waals surface area contributed by atoms with E-state index in [-0.39, 0.29) is 18.3 Å². The number of benzene rings is 2. The molecule has 2 aromatic carbocycles. The summed E-state index contributed by atoms with van der Waals surface area (Å²) in [4.78, 5) is 22.1. The van der Waals surface area contributed by atoms with E-state index >= 15 is 0 Å². The Morgan fingerprint density at radius 2 is 1.70 bits per heavy atom. The van der Waals surface area contributed by atoms with Crippen molar-refractivity contribution in [2.75, 3.05) is 32.1 Å². The predicted octanol–water partition coefficient (Wildman–Crippen LogP) is 5.74. The van der Waals surface area contributed by atoms with Gasteiger partial charge in [-0.25, -0.2) is 4.98 Å². The van der Waals surface area contributed by atoms with Crippen molar-refractivity contribution in [3.05, 3.63) is 57.1 Å². The lowest BCUT2D eigenvalue weighted by molar-refractivity contribution is -0.118. The fraction of sp³-hybridized carbons (Fsp3) is 0.391. The molecular formula is C23H29Cl2N3OS. The van der Waals surface area contributed by atoms with Crippen molar-refractivity contribution >= 4 is 56.6 Å². The molecule has 1 amide bonds. The van der Waals surface area contributed by atoms with Crippen LogP contribution in [0.15, 0.2) is 24.3 Å². The molecule has 30 heavy (non-hydrogen) atoms. The first-order valence-electron chi connectivity index (χ1n) is 9.75. The largest absolute Gasteiger partial charge is 0.308 e. The number of nitrogens with zero attached hydrogens (tertiary/aromatic N) is 3. The fourth-order valence-corrected chi connectivity index (χ4v) is 4.79. The Morgan fingerprint density at radius 3 is 2.30 bits per heavy atom. The minimum atomic E-state index is 0. The van der Waals surface area contributed by atoms with Gasteiger partial charge in [-0.3, -0.25) is 9.69 Å². The van der Waals surface area contributed by atoms with Crippen LogP contribution < -0.4 is 4.90 Å². The molecule has 3 aromatic rings. The van der Waals surface area contributed by atoms with Gasteiger partial charge in [0.15, 0.2) is 5.13 Å². The average Bonchev–Trinajstić information content (AvgIpc) is 3.06. The Morgan fingerprint density at radius 1 is 1.07 bits per heavy atom. The highest BCUT2D eigenvalue weighted by Gasteiger charge is 2.22. The van der Waals surface area contributed by atoms with Crippen LogP contribution in [0.4, 0.5) is 5.13 Å². The van der Waals surface area contributed by atoms with Crippen LogP contribution in [0.25, 0.3) is 10.2 Å². The number of amides is 1. The molecule has 0 fully saturated rings. The highest BCUT2D eigenvalue weighted by atomic mass is 35.5. The van der Waals surface area contributed by atoms with Gasteiger partial charge in [-0.15, -0.1) is 12.4 Å². The van der Waals surface area contributed by atoms with Crippen LogP contribution in [0.1, 0.15) is 27.8 Å². The number of halogens is 2. The maximum Gasteiger partial charge on any atom is 0.233 e. The lowest BCUT2D eigenvalue weighted by Crippen LogP contribution is -2.37. The van der Waals surface area contributed by atoms with Crippen LogP contribution in [0.2, 0.25) is 5.02 Å². The van der Waals surface area contributed by atoms with Gasteiger partial charge >= 0.3 is 0 Å². The first kappa shape index (κ1) is 24.6.